The number of hydroxylamine groups is 1. The van der Waals surface area contributed by atoms with Gasteiger partial charge in [0.2, 0.25) is 5.91 Å². The van der Waals surface area contributed by atoms with Crippen molar-refractivity contribution in [1.82, 2.24) is 15.4 Å². The Morgan fingerprint density at radius 2 is 1.76 bits per heavy atom. The van der Waals surface area contributed by atoms with Gasteiger partial charge in [0.05, 0.1) is 11.9 Å². The molecule has 3 aromatic rings. The Morgan fingerprint density at radius 3 is 2.44 bits per heavy atom. The van der Waals surface area contributed by atoms with Gasteiger partial charge in [-0.25, -0.2) is 10.5 Å². The summed E-state index contributed by atoms with van der Waals surface area (Å²) in [5.74, 6) is 0.506. The second kappa shape index (κ2) is 7.96. The lowest BCUT2D eigenvalue weighted by atomic mass is 10.1. The molecular formula is C19H18ClN3O2. The molecule has 0 fully saturated rings. The summed E-state index contributed by atoms with van der Waals surface area (Å²) in [5, 5.41) is 9.21. The predicted octanol–water partition coefficient (Wildman–Crippen LogP) is 3.76. The Hall–Kier alpha value is -2.63. The maximum Gasteiger partial charge on any atom is 0.243 e. The number of H-pyrrole nitrogens is 1. The van der Waals surface area contributed by atoms with Gasteiger partial charge in [0.15, 0.2) is 0 Å². The lowest BCUT2D eigenvalue weighted by Gasteiger charge is -2.03. The molecule has 0 aliphatic carbocycles. The lowest BCUT2D eigenvalue weighted by molar-refractivity contribution is -0.129. The van der Waals surface area contributed by atoms with E-state index in [0.717, 1.165) is 28.2 Å². The normalized spacial score (nSPS) is 10.6. The van der Waals surface area contributed by atoms with Crippen molar-refractivity contribution in [3.63, 3.8) is 0 Å². The maximum atomic E-state index is 11.1. The Kier molecular flexibility index (Phi) is 5.48. The van der Waals surface area contributed by atoms with Gasteiger partial charge in [-0.2, -0.15) is 0 Å². The molecular weight excluding hydrogens is 338 g/mol. The van der Waals surface area contributed by atoms with Crippen LogP contribution in [0.15, 0.2) is 54.7 Å². The summed E-state index contributed by atoms with van der Waals surface area (Å²) in [5.41, 5.74) is 5.82. The highest BCUT2D eigenvalue weighted by molar-refractivity contribution is 6.30. The van der Waals surface area contributed by atoms with Crippen LogP contribution >= 0.6 is 11.6 Å². The van der Waals surface area contributed by atoms with Crippen LogP contribution in [-0.2, 0) is 17.6 Å². The van der Waals surface area contributed by atoms with Gasteiger partial charge in [0.1, 0.15) is 5.82 Å². The zero-order valence-corrected chi connectivity index (χ0v) is 14.3. The predicted molar refractivity (Wildman–Crippen MR) is 96.5 cm³/mol. The van der Waals surface area contributed by atoms with Crippen LogP contribution in [0.4, 0.5) is 0 Å². The van der Waals surface area contributed by atoms with Gasteiger partial charge in [-0.05, 0) is 35.2 Å². The summed E-state index contributed by atoms with van der Waals surface area (Å²) in [6.07, 6.45) is 3.37. The van der Waals surface area contributed by atoms with E-state index in [9.17, 15) is 4.79 Å². The molecule has 5 nitrogen and oxygen atoms in total. The number of carbonyl (C=O) groups excluding carboxylic acids is 1. The molecule has 0 spiro atoms. The molecule has 2 aromatic carbocycles. The molecule has 0 radical (unpaired) electrons. The molecule has 25 heavy (non-hydrogen) atoms. The Bertz CT molecular complexity index is 842. The summed E-state index contributed by atoms with van der Waals surface area (Å²) in [6.45, 7) is 0. The molecule has 1 amide bonds. The van der Waals surface area contributed by atoms with E-state index in [-0.39, 0.29) is 12.3 Å². The highest BCUT2D eigenvalue weighted by Gasteiger charge is 2.05. The van der Waals surface area contributed by atoms with Crippen LogP contribution in [0.2, 0.25) is 5.02 Å². The first-order chi connectivity index (χ1) is 12.1. The van der Waals surface area contributed by atoms with Gasteiger partial charge in [0.25, 0.3) is 0 Å². The summed E-state index contributed by atoms with van der Waals surface area (Å²) in [4.78, 5) is 18.8. The molecule has 3 N–H and O–H groups in total. The van der Waals surface area contributed by atoms with E-state index < -0.39 is 0 Å². The minimum absolute atomic E-state index is 0.262. The molecule has 1 aromatic heterocycles. The van der Waals surface area contributed by atoms with E-state index in [4.69, 9.17) is 16.8 Å². The Labute approximate surface area is 150 Å². The van der Waals surface area contributed by atoms with Gasteiger partial charge in [0, 0.05) is 17.9 Å². The number of nitrogens with one attached hydrogen (secondary N) is 2. The molecule has 1 heterocycles. The quantitative estimate of drug-likeness (QED) is 0.465. The number of hydrogen-bond donors (Lipinski definition) is 3. The van der Waals surface area contributed by atoms with Crippen molar-refractivity contribution in [3.05, 3.63) is 76.7 Å². The fraction of sp³-hybridized carbons (Fsp3) is 0.158. The van der Waals surface area contributed by atoms with E-state index in [2.05, 4.69) is 9.97 Å². The van der Waals surface area contributed by atoms with Gasteiger partial charge < -0.3 is 4.98 Å². The molecule has 0 saturated heterocycles. The third kappa shape index (κ3) is 4.68. The molecule has 0 atom stereocenters. The minimum atomic E-state index is -0.380. The number of rotatable bonds is 6. The van der Waals surface area contributed by atoms with Crippen molar-refractivity contribution >= 4 is 17.5 Å². The number of hydrogen-bond acceptors (Lipinski definition) is 3. The second-order valence-corrected chi connectivity index (χ2v) is 6.22. The van der Waals surface area contributed by atoms with E-state index in [0.29, 0.717) is 17.9 Å². The lowest BCUT2D eigenvalue weighted by Crippen LogP contribution is -2.18. The number of amides is 1. The van der Waals surface area contributed by atoms with Crippen molar-refractivity contribution < 1.29 is 10.0 Å². The smallest absolute Gasteiger partial charge is 0.243 e. The second-order valence-electron chi connectivity index (χ2n) is 5.78. The average molecular weight is 356 g/mol. The molecule has 128 valence electrons. The number of nitrogens with zero attached hydrogens (tertiary/aromatic N) is 1. The van der Waals surface area contributed by atoms with Crippen molar-refractivity contribution in [2.24, 2.45) is 0 Å². The first kappa shape index (κ1) is 17.2. The van der Waals surface area contributed by atoms with Crippen LogP contribution in [-0.4, -0.2) is 21.1 Å². The van der Waals surface area contributed by atoms with E-state index in [1.165, 1.54) is 0 Å². The third-order valence-electron chi connectivity index (χ3n) is 3.94. The monoisotopic (exact) mass is 355 g/mol. The molecule has 3 rings (SSSR count). The SMILES string of the molecule is O=C(CCc1ccc(Cc2ncc(-c3ccc(Cl)cc3)[nH]2)cc1)NO. The fourth-order valence-corrected chi connectivity index (χ4v) is 2.69. The first-order valence-corrected chi connectivity index (χ1v) is 8.32. The molecule has 6 heteroatoms. The number of halogens is 1. The van der Waals surface area contributed by atoms with Crippen LogP contribution in [0.1, 0.15) is 23.4 Å². The van der Waals surface area contributed by atoms with Crippen molar-refractivity contribution in [3.8, 4) is 11.3 Å². The summed E-state index contributed by atoms with van der Waals surface area (Å²) < 4.78 is 0. The number of aromatic nitrogens is 2. The number of carbonyl (C=O) groups is 1. The highest BCUT2D eigenvalue weighted by Crippen LogP contribution is 2.20. The molecule has 0 bridgehead atoms. The maximum absolute atomic E-state index is 11.1. The molecule has 0 aliphatic heterocycles. The molecule has 0 unspecified atom stereocenters. The fourth-order valence-electron chi connectivity index (χ4n) is 2.56. The van der Waals surface area contributed by atoms with Crippen molar-refractivity contribution in [1.29, 1.82) is 0 Å². The first-order valence-electron chi connectivity index (χ1n) is 7.94. The molecule has 0 aliphatic rings. The topological polar surface area (TPSA) is 78.0 Å². The third-order valence-corrected chi connectivity index (χ3v) is 4.20. The van der Waals surface area contributed by atoms with E-state index in [1.807, 2.05) is 54.7 Å². The van der Waals surface area contributed by atoms with Gasteiger partial charge in [-0.3, -0.25) is 10.0 Å². The van der Waals surface area contributed by atoms with Crippen LogP contribution in [0.25, 0.3) is 11.3 Å². The minimum Gasteiger partial charge on any atom is -0.342 e. The number of aromatic amines is 1. The van der Waals surface area contributed by atoms with Crippen LogP contribution in [0, 0.1) is 0 Å². The van der Waals surface area contributed by atoms with E-state index >= 15 is 0 Å². The number of imidazole rings is 1. The van der Waals surface area contributed by atoms with Gasteiger partial charge in [-0.1, -0.05) is 48.0 Å². The highest BCUT2D eigenvalue weighted by atomic mass is 35.5. The zero-order valence-electron chi connectivity index (χ0n) is 13.5. The number of benzene rings is 2. The average Bonchev–Trinajstić information content (AvgIpc) is 3.10. The van der Waals surface area contributed by atoms with Crippen LogP contribution in [0.5, 0.6) is 0 Å². The standard InChI is InChI=1S/C19H18ClN3O2/c20-16-8-6-15(7-9-16)17-12-21-18(22-17)11-14-3-1-13(2-4-14)5-10-19(24)23-25/h1-4,6-9,12,25H,5,10-11H2,(H,21,22)(H,23,24). The summed E-state index contributed by atoms with van der Waals surface area (Å²) in [6, 6.07) is 15.6. The molecule has 0 saturated carbocycles. The summed E-state index contributed by atoms with van der Waals surface area (Å²) >= 11 is 5.91. The zero-order chi connectivity index (χ0) is 17.6. The number of aryl methyl sites for hydroxylation is 1. The van der Waals surface area contributed by atoms with Gasteiger partial charge in [-0.15, -0.1) is 0 Å². The van der Waals surface area contributed by atoms with Crippen LogP contribution < -0.4 is 5.48 Å². The van der Waals surface area contributed by atoms with Crippen LogP contribution in [0.3, 0.4) is 0 Å². The van der Waals surface area contributed by atoms with Crippen molar-refractivity contribution in [2.45, 2.75) is 19.3 Å². The van der Waals surface area contributed by atoms with E-state index in [1.54, 1.807) is 5.48 Å². The van der Waals surface area contributed by atoms with Crippen molar-refractivity contribution in [2.75, 3.05) is 0 Å². The Morgan fingerprint density at radius 1 is 1.08 bits per heavy atom. The Balaban J connectivity index is 1.63. The largest absolute Gasteiger partial charge is 0.342 e. The summed E-state index contributed by atoms with van der Waals surface area (Å²) in [7, 11) is 0. The van der Waals surface area contributed by atoms with Gasteiger partial charge >= 0.3 is 0 Å².